The van der Waals surface area contributed by atoms with Gasteiger partial charge >= 0.3 is 12.4 Å². The SMILES string of the molecule is CCNC(=O)C1CCC(CO[C@H](C)c2cc(C(F)(F)F)cc(C(F)(F)F)c2)(c2ccccc2)NC1. The first-order chi connectivity index (χ1) is 16.4. The van der Waals surface area contributed by atoms with Gasteiger partial charge in [0.15, 0.2) is 0 Å². The van der Waals surface area contributed by atoms with E-state index < -0.39 is 35.1 Å². The molecule has 1 fully saturated rings. The summed E-state index contributed by atoms with van der Waals surface area (Å²) in [4.78, 5) is 12.3. The van der Waals surface area contributed by atoms with Crippen molar-refractivity contribution in [1.29, 1.82) is 0 Å². The summed E-state index contributed by atoms with van der Waals surface area (Å²) >= 11 is 0. The molecule has 10 heteroatoms. The number of hydrogen-bond donors (Lipinski definition) is 2. The van der Waals surface area contributed by atoms with E-state index in [9.17, 15) is 31.1 Å². The monoisotopic (exact) mass is 502 g/mol. The molecule has 0 radical (unpaired) electrons. The molecule has 192 valence electrons. The molecule has 0 bridgehead atoms. The first-order valence-corrected chi connectivity index (χ1v) is 11.3. The molecule has 2 N–H and O–H groups in total. The molecule has 1 aliphatic rings. The van der Waals surface area contributed by atoms with Crippen LogP contribution in [0.25, 0.3) is 0 Å². The summed E-state index contributed by atoms with van der Waals surface area (Å²) in [7, 11) is 0. The van der Waals surface area contributed by atoms with Crippen LogP contribution >= 0.6 is 0 Å². The molecule has 4 nitrogen and oxygen atoms in total. The fourth-order valence-electron chi connectivity index (χ4n) is 4.26. The summed E-state index contributed by atoms with van der Waals surface area (Å²) in [6.45, 7) is 4.12. The highest BCUT2D eigenvalue weighted by Crippen LogP contribution is 2.39. The molecule has 3 atom stereocenters. The van der Waals surface area contributed by atoms with Crippen molar-refractivity contribution in [1.82, 2.24) is 10.6 Å². The van der Waals surface area contributed by atoms with E-state index >= 15 is 0 Å². The van der Waals surface area contributed by atoms with E-state index in [2.05, 4.69) is 10.6 Å². The molecular formula is C25H28F6N2O2. The Morgan fingerprint density at radius 3 is 2.17 bits per heavy atom. The molecular weight excluding hydrogens is 474 g/mol. The zero-order chi connectivity index (χ0) is 25.9. The molecule has 0 aliphatic carbocycles. The van der Waals surface area contributed by atoms with Crippen LogP contribution in [0.2, 0.25) is 0 Å². The van der Waals surface area contributed by atoms with Crippen LogP contribution in [0.5, 0.6) is 0 Å². The normalized spacial score (nSPS) is 22.0. The van der Waals surface area contributed by atoms with Crippen molar-refractivity contribution in [3.05, 3.63) is 70.8 Å². The summed E-state index contributed by atoms with van der Waals surface area (Å²) in [5, 5.41) is 6.17. The first kappa shape index (κ1) is 27.0. The lowest BCUT2D eigenvalue weighted by atomic mass is 9.79. The van der Waals surface area contributed by atoms with Crippen LogP contribution in [-0.2, 0) is 27.4 Å². The van der Waals surface area contributed by atoms with Crippen molar-refractivity contribution in [2.24, 2.45) is 5.92 Å². The molecule has 2 unspecified atom stereocenters. The summed E-state index contributed by atoms with van der Waals surface area (Å²) in [5.41, 5.74) is -2.85. The maximum Gasteiger partial charge on any atom is 0.416 e. The molecule has 2 aromatic carbocycles. The number of amides is 1. The number of nitrogens with one attached hydrogen (secondary N) is 2. The Bertz CT molecular complexity index is 967. The maximum absolute atomic E-state index is 13.3. The van der Waals surface area contributed by atoms with Crippen LogP contribution in [0.3, 0.4) is 0 Å². The van der Waals surface area contributed by atoms with Crippen molar-refractivity contribution in [3.63, 3.8) is 0 Å². The number of halogens is 6. The summed E-state index contributed by atoms with van der Waals surface area (Å²) in [5.74, 6) is -0.318. The zero-order valence-electron chi connectivity index (χ0n) is 19.4. The van der Waals surface area contributed by atoms with Gasteiger partial charge in [-0.05, 0) is 56.0 Å². The fraction of sp³-hybridized carbons (Fsp3) is 0.480. The van der Waals surface area contributed by atoms with Crippen LogP contribution < -0.4 is 10.6 Å². The van der Waals surface area contributed by atoms with Gasteiger partial charge in [0.05, 0.1) is 35.3 Å². The average molecular weight is 502 g/mol. The van der Waals surface area contributed by atoms with Gasteiger partial charge in [0, 0.05) is 13.1 Å². The third-order valence-corrected chi connectivity index (χ3v) is 6.31. The second-order valence-corrected chi connectivity index (χ2v) is 8.75. The highest BCUT2D eigenvalue weighted by molar-refractivity contribution is 5.79. The molecule has 3 rings (SSSR count). The number of carbonyl (C=O) groups excluding carboxylic acids is 1. The third kappa shape index (κ3) is 6.55. The van der Waals surface area contributed by atoms with Crippen molar-refractivity contribution in [2.45, 2.75) is 50.7 Å². The molecule has 0 saturated carbocycles. The lowest BCUT2D eigenvalue weighted by molar-refractivity contribution is -0.143. The van der Waals surface area contributed by atoms with Crippen molar-refractivity contribution in [3.8, 4) is 0 Å². The third-order valence-electron chi connectivity index (χ3n) is 6.31. The van der Waals surface area contributed by atoms with Gasteiger partial charge in [0.2, 0.25) is 5.91 Å². The number of hydrogen-bond acceptors (Lipinski definition) is 3. The minimum absolute atomic E-state index is 0.00209. The topological polar surface area (TPSA) is 50.4 Å². The molecule has 0 spiro atoms. The molecule has 1 saturated heterocycles. The van der Waals surface area contributed by atoms with E-state index in [4.69, 9.17) is 4.74 Å². The van der Waals surface area contributed by atoms with Gasteiger partial charge in [-0.25, -0.2) is 0 Å². The van der Waals surface area contributed by atoms with Gasteiger partial charge in [-0.15, -0.1) is 0 Å². The standard InChI is InChI=1S/C25H28F6N2O2/c1-3-32-22(34)17-9-10-23(33-14-17,19-7-5-4-6-8-19)15-35-16(2)18-11-20(24(26,27)28)13-21(12-18)25(29,30)31/h4-8,11-13,16-17,33H,3,9-10,14-15H2,1-2H3,(H,32,34)/t16-,17?,23?/m1/s1. The molecule has 1 heterocycles. The Morgan fingerprint density at radius 1 is 1.09 bits per heavy atom. The van der Waals surface area contributed by atoms with Gasteiger partial charge in [0.25, 0.3) is 0 Å². The Hall–Kier alpha value is -2.59. The number of alkyl halides is 6. The highest BCUT2D eigenvalue weighted by Gasteiger charge is 2.40. The van der Waals surface area contributed by atoms with E-state index in [0.717, 1.165) is 5.56 Å². The van der Waals surface area contributed by atoms with Gasteiger partial charge in [-0.1, -0.05) is 30.3 Å². The summed E-state index contributed by atoms with van der Waals surface area (Å²) < 4.78 is 85.5. The quantitative estimate of drug-likeness (QED) is 0.469. The number of benzene rings is 2. The van der Waals surface area contributed by atoms with Gasteiger partial charge in [-0.3, -0.25) is 4.79 Å². The first-order valence-electron chi connectivity index (χ1n) is 11.3. The average Bonchev–Trinajstić information content (AvgIpc) is 2.82. The predicted molar refractivity (Wildman–Crippen MR) is 118 cm³/mol. The second-order valence-electron chi connectivity index (χ2n) is 8.75. The van der Waals surface area contributed by atoms with Crippen LogP contribution in [-0.4, -0.2) is 25.6 Å². The molecule has 1 aliphatic heterocycles. The van der Waals surface area contributed by atoms with Crippen molar-refractivity contribution in [2.75, 3.05) is 19.7 Å². The Balaban J connectivity index is 1.84. The van der Waals surface area contributed by atoms with E-state index in [1.54, 1.807) is 0 Å². The van der Waals surface area contributed by atoms with Crippen LogP contribution in [0.4, 0.5) is 26.3 Å². The number of carbonyl (C=O) groups is 1. The minimum Gasteiger partial charge on any atom is -0.372 e. The lowest BCUT2D eigenvalue weighted by Gasteiger charge is -2.42. The lowest BCUT2D eigenvalue weighted by Crippen LogP contribution is -2.54. The van der Waals surface area contributed by atoms with E-state index in [1.807, 2.05) is 37.3 Å². The minimum atomic E-state index is -4.93. The molecule has 35 heavy (non-hydrogen) atoms. The van der Waals surface area contributed by atoms with E-state index in [1.165, 1.54) is 6.92 Å². The molecule has 0 aromatic heterocycles. The number of piperidine rings is 1. The molecule has 2 aromatic rings. The Labute approximate surface area is 200 Å². The van der Waals surface area contributed by atoms with Gasteiger partial charge in [0.1, 0.15) is 0 Å². The smallest absolute Gasteiger partial charge is 0.372 e. The van der Waals surface area contributed by atoms with Crippen molar-refractivity contribution < 1.29 is 35.9 Å². The number of ether oxygens (including phenoxy) is 1. The second kappa shape index (κ2) is 10.6. The molecule has 1 amide bonds. The van der Waals surface area contributed by atoms with Crippen molar-refractivity contribution >= 4 is 5.91 Å². The predicted octanol–water partition coefficient (Wildman–Crippen LogP) is 5.83. The van der Waals surface area contributed by atoms with E-state index in [0.29, 0.717) is 38.1 Å². The zero-order valence-corrected chi connectivity index (χ0v) is 19.4. The van der Waals surface area contributed by atoms with Crippen LogP contribution in [0, 0.1) is 5.92 Å². The highest BCUT2D eigenvalue weighted by atomic mass is 19.4. The number of rotatable bonds is 7. The van der Waals surface area contributed by atoms with Gasteiger partial charge in [-0.2, -0.15) is 26.3 Å². The van der Waals surface area contributed by atoms with Crippen LogP contribution in [0.15, 0.2) is 48.5 Å². The summed E-state index contributed by atoms with van der Waals surface area (Å²) in [6, 6.07) is 10.7. The summed E-state index contributed by atoms with van der Waals surface area (Å²) in [6.07, 6.45) is -9.85. The Morgan fingerprint density at radius 2 is 1.69 bits per heavy atom. The van der Waals surface area contributed by atoms with Crippen LogP contribution in [0.1, 0.15) is 55.0 Å². The maximum atomic E-state index is 13.3. The largest absolute Gasteiger partial charge is 0.416 e. The Kier molecular flexibility index (Phi) is 8.16. The van der Waals surface area contributed by atoms with Gasteiger partial charge < -0.3 is 15.4 Å². The fourth-order valence-corrected chi connectivity index (χ4v) is 4.26. The van der Waals surface area contributed by atoms with E-state index in [-0.39, 0.29) is 30.1 Å².